The maximum Gasteiger partial charge on any atom is 0.174 e. The van der Waals surface area contributed by atoms with Gasteiger partial charge in [0.05, 0.1) is 5.56 Å². The van der Waals surface area contributed by atoms with Crippen molar-refractivity contribution in [1.82, 2.24) is 9.36 Å². The number of rotatable bonds is 3. The summed E-state index contributed by atoms with van der Waals surface area (Å²) in [6.45, 7) is 1.82. The molecule has 0 amide bonds. The number of nitriles is 1. The standard InChI is InChI=1S/C11H7N3OS2/c1-7-13-11(17-14-7)16-10-3-2-8(6-15)4-9(10)5-12/h2-4,6H,1H3. The summed E-state index contributed by atoms with van der Waals surface area (Å²) in [7, 11) is 0. The maximum absolute atomic E-state index is 10.6. The summed E-state index contributed by atoms with van der Waals surface area (Å²) < 4.78 is 4.86. The van der Waals surface area contributed by atoms with E-state index in [0.29, 0.717) is 11.1 Å². The predicted molar refractivity (Wildman–Crippen MR) is 65.3 cm³/mol. The second-order valence-corrected chi connectivity index (χ2v) is 5.24. The third-order valence-corrected chi connectivity index (χ3v) is 3.88. The Morgan fingerprint density at radius 1 is 1.53 bits per heavy atom. The van der Waals surface area contributed by atoms with Gasteiger partial charge in [0.25, 0.3) is 0 Å². The first-order chi connectivity index (χ1) is 8.22. The molecule has 2 aromatic rings. The van der Waals surface area contributed by atoms with Gasteiger partial charge in [-0.2, -0.15) is 9.64 Å². The summed E-state index contributed by atoms with van der Waals surface area (Å²) in [4.78, 5) is 15.6. The molecule has 4 nitrogen and oxygen atoms in total. The van der Waals surface area contributed by atoms with Gasteiger partial charge in [-0.15, -0.1) is 0 Å². The number of carbonyl (C=O) groups is 1. The van der Waals surface area contributed by atoms with Gasteiger partial charge < -0.3 is 0 Å². The van der Waals surface area contributed by atoms with Crippen LogP contribution in [-0.2, 0) is 0 Å². The molecule has 0 aliphatic rings. The lowest BCUT2D eigenvalue weighted by atomic mass is 10.1. The maximum atomic E-state index is 10.6. The van der Waals surface area contributed by atoms with Crippen molar-refractivity contribution in [2.24, 2.45) is 0 Å². The van der Waals surface area contributed by atoms with E-state index in [-0.39, 0.29) is 0 Å². The molecule has 17 heavy (non-hydrogen) atoms. The van der Waals surface area contributed by atoms with Crippen molar-refractivity contribution < 1.29 is 4.79 Å². The summed E-state index contributed by atoms with van der Waals surface area (Å²) >= 11 is 2.68. The Bertz CT molecular complexity index is 601. The van der Waals surface area contributed by atoms with Crippen molar-refractivity contribution in [3.05, 3.63) is 35.2 Å². The zero-order valence-corrected chi connectivity index (χ0v) is 10.5. The number of benzene rings is 1. The molecule has 0 spiro atoms. The van der Waals surface area contributed by atoms with Gasteiger partial charge in [-0.1, -0.05) is 17.8 Å². The van der Waals surface area contributed by atoms with Gasteiger partial charge in [0.15, 0.2) is 4.34 Å². The van der Waals surface area contributed by atoms with Crippen molar-refractivity contribution in [1.29, 1.82) is 5.26 Å². The highest BCUT2D eigenvalue weighted by Crippen LogP contribution is 2.31. The molecule has 0 aliphatic carbocycles. The minimum Gasteiger partial charge on any atom is -0.298 e. The summed E-state index contributed by atoms with van der Waals surface area (Å²) in [5.41, 5.74) is 0.979. The SMILES string of the molecule is Cc1nsc(Sc2ccc(C=O)cc2C#N)n1. The summed E-state index contributed by atoms with van der Waals surface area (Å²) in [5.74, 6) is 0.723. The molecule has 0 radical (unpaired) electrons. The van der Waals surface area contributed by atoms with Crippen LogP contribution in [0.15, 0.2) is 27.4 Å². The molecule has 6 heteroatoms. The largest absolute Gasteiger partial charge is 0.298 e. The van der Waals surface area contributed by atoms with Gasteiger partial charge in [-0.3, -0.25) is 4.79 Å². The number of aldehydes is 1. The Hall–Kier alpha value is -1.71. The highest BCUT2D eigenvalue weighted by molar-refractivity contribution is 8.01. The van der Waals surface area contributed by atoms with Crippen LogP contribution < -0.4 is 0 Å². The molecular weight excluding hydrogens is 254 g/mol. The monoisotopic (exact) mass is 261 g/mol. The lowest BCUT2D eigenvalue weighted by Crippen LogP contribution is -1.86. The molecule has 0 atom stereocenters. The lowest BCUT2D eigenvalue weighted by Gasteiger charge is -2.00. The second-order valence-electron chi connectivity index (χ2n) is 3.19. The van der Waals surface area contributed by atoms with Crippen LogP contribution in [0.3, 0.4) is 0 Å². The van der Waals surface area contributed by atoms with Crippen LogP contribution in [0, 0.1) is 18.3 Å². The normalized spacial score (nSPS) is 9.88. The van der Waals surface area contributed by atoms with E-state index in [2.05, 4.69) is 15.4 Å². The molecular formula is C11H7N3OS2. The molecule has 0 saturated heterocycles. The topological polar surface area (TPSA) is 66.6 Å². The van der Waals surface area contributed by atoms with E-state index in [4.69, 9.17) is 5.26 Å². The van der Waals surface area contributed by atoms with E-state index >= 15 is 0 Å². The van der Waals surface area contributed by atoms with Crippen LogP contribution in [0.1, 0.15) is 21.7 Å². The Balaban J connectivity index is 2.33. The Morgan fingerprint density at radius 2 is 2.35 bits per heavy atom. The molecule has 0 N–H and O–H groups in total. The minimum atomic E-state index is 0.479. The van der Waals surface area contributed by atoms with Crippen LogP contribution in [0.2, 0.25) is 0 Å². The Morgan fingerprint density at radius 3 is 2.94 bits per heavy atom. The van der Waals surface area contributed by atoms with Crippen molar-refractivity contribution >= 4 is 29.6 Å². The fourth-order valence-electron chi connectivity index (χ4n) is 1.21. The predicted octanol–water partition coefficient (Wildman–Crippen LogP) is 2.68. The Kier molecular flexibility index (Phi) is 3.52. The molecule has 0 bridgehead atoms. The van der Waals surface area contributed by atoms with Crippen LogP contribution in [-0.4, -0.2) is 15.6 Å². The fourth-order valence-corrected chi connectivity index (χ4v) is 2.88. The molecule has 1 aromatic heterocycles. The molecule has 2 rings (SSSR count). The summed E-state index contributed by atoms with van der Waals surface area (Å²) in [5, 5.41) is 9.01. The van der Waals surface area contributed by atoms with Crippen molar-refractivity contribution in [2.75, 3.05) is 0 Å². The molecule has 0 unspecified atom stereocenters. The number of carbonyl (C=O) groups excluding carboxylic acids is 1. The highest BCUT2D eigenvalue weighted by atomic mass is 32.2. The molecule has 1 heterocycles. The Labute approximate surface area is 106 Å². The third-order valence-electron chi connectivity index (χ3n) is 1.97. The van der Waals surface area contributed by atoms with E-state index < -0.39 is 0 Å². The average Bonchev–Trinajstić information content (AvgIpc) is 2.75. The van der Waals surface area contributed by atoms with E-state index in [0.717, 1.165) is 21.3 Å². The lowest BCUT2D eigenvalue weighted by molar-refractivity contribution is 0.112. The fraction of sp³-hybridized carbons (Fsp3) is 0.0909. The quantitative estimate of drug-likeness (QED) is 0.795. The highest BCUT2D eigenvalue weighted by Gasteiger charge is 2.08. The number of hydrogen-bond donors (Lipinski definition) is 0. The van der Waals surface area contributed by atoms with Gasteiger partial charge in [0, 0.05) is 10.5 Å². The molecule has 0 aliphatic heterocycles. The number of aryl methyl sites for hydroxylation is 1. The van der Waals surface area contributed by atoms with E-state index in [1.807, 2.05) is 6.92 Å². The van der Waals surface area contributed by atoms with E-state index in [9.17, 15) is 4.79 Å². The average molecular weight is 261 g/mol. The van der Waals surface area contributed by atoms with Gasteiger partial charge >= 0.3 is 0 Å². The minimum absolute atomic E-state index is 0.479. The summed E-state index contributed by atoms with van der Waals surface area (Å²) in [6.07, 6.45) is 0.727. The summed E-state index contributed by atoms with van der Waals surface area (Å²) in [6, 6.07) is 7.08. The second kappa shape index (κ2) is 5.08. The van der Waals surface area contributed by atoms with Gasteiger partial charge in [0.1, 0.15) is 18.2 Å². The van der Waals surface area contributed by atoms with Gasteiger partial charge in [-0.25, -0.2) is 4.98 Å². The molecule has 1 aromatic carbocycles. The van der Waals surface area contributed by atoms with Crippen LogP contribution in [0.4, 0.5) is 0 Å². The van der Waals surface area contributed by atoms with Gasteiger partial charge in [0.2, 0.25) is 0 Å². The molecule has 0 saturated carbocycles. The number of aromatic nitrogens is 2. The zero-order valence-electron chi connectivity index (χ0n) is 8.88. The first kappa shape index (κ1) is 11.8. The van der Waals surface area contributed by atoms with Crippen molar-refractivity contribution in [3.8, 4) is 6.07 Å². The number of hydrogen-bond acceptors (Lipinski definition) is 6. The van der Waals surface area contributed by atoms with Crippen LogP contribution in [0.25, 0.3) is 0 Å². The zero-order chi connectivity index (χ0) is 12.3. The first-order valence-corrected chi connectivity index (χ1v) is 6.29. The van der Waals surface area contributed by atoms with Crippen molar-refractivity contribution in [3.63, 3.8) is 0 Å². The van der Waals surface area contributed by atoms with Gasteiger partial charge in [-0.05, 0) is 30.6 Å². The molecule has 84 valence electrons. The van der Waals surface area contributed by atoms with Crippen LogP contribution >= 0.6 is 23.3 Å². The van der Waals surface area contributed by atoms with E-state index in [1.54, 1.807) is 18.2 Å². The first-order valence-electron chi connectivity index (χ1n) is 4.70. The third kappa shape index (κ3) is 2.70. The van der Waals surface area contributed by atoms with Crippen molar-refractivity contribution in [2.45, 2.75) is 16.2 Å². The van der Waals surface area contributed by atoms with Crippen LogP contribution in [0.5, 0.6) is 0 Å². The smallest absolute Gasteiger partial charge is 0.174 e. The van der Waals surface area contributed by atoms with E-state index in [1.165, 1.54) is 23.3 Å². The molecule has 0 fully saturated rings. The number of nitrogens with zero attached hydrogens (tertiary/aromatic N) is 3.